The van der Waals surface area contributed by atoms with Gasteiger partial charge in [0.15, 0.2) is 0 Å². The summed E-state index contributed by atoms with van der Waals surface area (Å²) >= 11 is 3.28. The zero-order chi connectivity index (χ0) is 12.7. The summed E-state index contributed by atoms with van der Waals surface area (Å²) in [6, 6.07) is 5.03. The van der Waals surface area contributed by atoms with Gasteiger partial charge in [-0.3, -0.25) is 19.6 Å². The molecule has 1 aromatic carbocycles. The molecule has 2 aromatic rings. The molecule has 3 rings (SSSR count). The predicted molar refractivity (Wildman–Crippen MR) is 64.7 cm³/mol. The summed E-state index contributed by atoms with van der Waals surface area (Å²) in [4.78, 5) is 29.2. The van der Waals surface area contributed by atoms with Gasteiger partial charge in [-0.25, -0.2) is 4.98 Å². The third kappa shape index (κ3) is 1.63. The largest absolute Gasteiger partial charge is 0.269 e. The van der Waals surface area contributed by atoms with Gasteiger partial charge in [0.05, 0.1) is 17.7 Å². The maximum absolute atomic E-state index is 12.1. The number of H-pyrrole nitrogens is 1. The molecule has 0 saturated heterocycles. The summed E-state index contributed by atoms with van der Waals surface area (Å²) in [6.07, 6.45) is 1.34. The first kappa shape index (κ1) is 11.1. The Morgan fingerprint density at radius 3 is 2.72 bits per heavy atom. The number of hydrogen-bond acceptors (Lipinski definition) is 4. The number of rotatable bonds is 2. The first-order valence-corrected chi connectivity index (χ1v) is 5.96. The molecule has 0 spiro atoms. The van der Waals surface area contributed by atoms with Gasteiger partial charge in [0.25, 0.3) is 11.8 Å². The zero-order valence-electron chi connectivity index (χ0n) is 9.05. The highest BCUT2D eigenvalue weighted by atomic mass is 79.9. The molecule has 0 aliphatic carbocycles. The molecule has 0 fully saturated rings. The highest BCUT2D eigenvalue weighted by Crippen LogP contribution is 2.26. The number of aromatic nitrogens is 3. The smallest absolute Gasteiger partial charge is 0.262 e. The fourth-order valence-electron chi connectivity index (χ4n) is 1.86. The molecular formula is C11H7BrN4O2. The van der Waals surface area contributed by atoms with Crippen LogP contribution >= 0.6 is 15.9 Å². The lowest BCUT2D eigenvalue weighted by molar-refractivity contribution is 0.0638. The van der Waals surface area contributed by atoms with E-state index in [1.54, 1.807) is 18.2 Å². The molecule has 90 valence electrons. The molecule has 1 aliphatic heterocycles. The molecule has 18 heavy (non-hydrogen) atoms. The number of amides is 2. The fourth-order valence-corrected chi connectivity index (χ4v) is 2.22. The molecule has 0 bridgehead atoms. The Balaban J connectivity index is 1.97. The molecule has 0 unspecified atom stereocenters. The van der Waals surface area contributed by atoms with Crippen molar-refractivity contribution >= 4 is 27.7 Å². The van der Waals surface area contributed by atoms with Crippen molar-refractivity contribution in [3.63, 3.8) is 0 Å². The summed E-state index contributed by atoms with van der Waals surface area (Å²) in [5, 5.41) is 6.31. The number of imide groups is 1. The Bertz CT molecular complexity index is 638. The minimum atomic E-state index is -0.312. The lowest BCUT2D eigenvalue weighted by Gasteiger charge is -2.10. The number of carbonyl (C=O) groups is 2. The summed E-state index contributed by atoms with van der Waals surface area (Å²) in [5.74, 6) is -0.143. The van der Waals surface area contributed by atoms with Gasteiger partial charge in [-0.05, 0) is 18.2 Å². The Morgan fingerprint density at radius 2 is 2.00 bits per heavy atom. The molecule has 1 aliphatic rings. The molecule has 2 amide bonds. The number of fused-ring (bicyclic) bond motifs is 1. The van der Waals surface area contributed by atoms with E-state index in [9.17, 15) is 9.59 Å². The summed E-state index contributed by atoms with van der Waals surface area (Å²) < 4.78 is 0.768. The van der Waals surface area contributed by atoms with E-state index in [0.29, 0.717) is 17.0 Å². The Kier molecular flexibility index (Phi) is 2.48. The molecule has 1 aromatic heterocycles. The minimum Gasteiger partial charge on any atom is -0.269 e. The van der Waals surface area contributed by atoms with Crippen LogP contribution in [0.1, 0.15) is 26.5 Å². The zero-order valence-corrected chi connectivity index (χ0v) is 10.6. The SMILES string of the molecule is O=C1c2ccc(Br)cc2C(=O)N1Cc1ncn[nH]1. The number of aromatic amines is 1. The van der Waals surface area contributed by atoms with Crippen LogP contribution in [0, 0.1) is 0 Å². The topological polar surface area (TPSA) is 79.0 Å². The maximum atomic E-state index is 12.1. The number of halogens is 1. The molecular weight excluding hydrogens is 300 g/mol. The molecule has 2 heterocycles. The predicted octanol–water partition coefficient (Wildman–Crippen LogP) is 1.36. The van der Waals surface area contributed by atoms with Crippen molar-refractivity contribution in [2.24, 2.45) is 0 Å². The number of hydrogen-bond donors (Lipinski definition) is 1. The van der Waals surface area contributed by atoms with Crippen molar-refractivity contribution in [1.29, 1.82) is 0 Å². The van der Waals surface area contributed by atoms with E-state index in [2.05, 4.69) is 31.1 Å². The van der Waals surface area contributed by atoms with Crippen molar-refractivity contribution in [3.8, 4) is 0 Å². The third-order valence-corrected chi connectivity index (χ3v) is 3.20. The van der Waals surface area contributed by atoms with E-state index in [0.717, 1.165) is 9.37 Å². The fraction of sp³-hybridized carbons (Fsp3) is 0.0909. The van der Waals surface area contributed by atoms with E-state index >= 15 is 0 Å². The van der Waals surface area contributed by atoms with Gasteiger partial charge >= 0.3 is 0 Å². The molecule has 1 N–H and O–H groups in total. The maximum Gasteiger partial charge on any atom is 0.262 e. The van der Waals surface area contributed by atoms with Gasteiger partial charge in [0.2, 0.25) is 0 Å². The number of carbonyl (C=O) groups excluding carboxylic acids is 2. The van der Waals surface area contributed by atoms with Crippen molar-refractivity contribution < 1.29 is 9.59 Å². The van der Waals surface area contributed by atoms with Gasteiger partial charge in [-0.1, -0.05) is 15.9 Å². The second-order valence-electron chi connectivity index (χ2n) is 3.82. The Labute approximate surface area is 110 Å². The molecule has 0 saturated carbocycles. The molecule has 7 heteroatoms. The quantitative estimate of drug-likeness (QED) is 0.850. The second-order valence-corrected chi connectivity index (χ2v) is 4.73. The van der Waals surface area contributed by atoms with Crippen LogP contribution in [-0.4, -0.2) is 31.9 Å². The van der Waals surface area contributed by atoms with Gasteiger partial charge in [-0.2, -0.15) is 5.10 Å². The molecule has 0 radical (unpaired) electrons. The van der Waals surface area contributed by atoms with Gasteiger partial charge in [0.1, 0.15) is 12.2 Å². The Hall–Kier alpha value is -2.02. The average molecular weight is 307 g/mol. The monoisotopic (exact) mass is 306 g/mol. The van der Waals surface area contributed by atoms with Gasteiger partial charge < -0.3 is 0 Å². The third-order valence-electron chi connectivity index (χ3n) is 2.71. The Morgan fingerprint density at radius 1 is 1.22 bits per heavy atom. The summed E-state index contributed by atoms with van der Waals surface area (Å²) in [6.45, 7) is 0.101. The van der Waals surface area contributed by atoms with Crippen LogP contribution in [0.3, 0.4) is 0 Å². The lowest BCUT2D eigenvalue weighted by Crippen LogP contribution is -2.29. The number of benzene rings is 1. The first-order valence-electron chi connectivity index (χ1n) is 5.17. The van der Waals surface area contributed by atoms with Crippen LogP contribution in [0.25, 0.3) is 0 Å². The molecule has 0 atom stereocenters. The average Bonchev–Trinajstić information content (AvgIpc) is 2.93. The van der Waals surface area contributed by atoms with Crippen molar-refractivity contribution in [1.82, 2.24) is 20.1 Å². The second kappa shape index (κ2) is 4.02. The van der Waals surface area contributed by atoms with E-state index in [4.69, 9.17) is 0 Å². The normalized spacial score (nSPS) is 14.2. The van der Waals surface area contributed by atoms with Crippen LogP contribution in [0.15, 0.2) is 29.0 Å². The van der Waals surface area contributed by atoms with E-state index in [-0.39, 0.29) is 18.4 Å². The number of nitrogens with one attached hydrogen (secondary N) is 1. The van der Waals surface area contributed by atoms with Crippen LogP contribution in [0.4, 0.5) is 0 Å². The lowest BCUT2D eigenvalue weighted by atomic mass is 10.1. The van der Waals surface area contributed by atoms with E-state index < -0.39 is 0 Å². The van der Waals surface area contributed by atoms with Crippen LogP contribution in [-0.2, 0) is 6.54 Å². The minimum absolute atomic E-state index is 0.101. The van der Waals surface area contributed by atoms with Crippen molar-refractivity contribution in [2.75, 3.05) is 0 Å². The highest BCUT2D eigenvalue weighted by molar-refractivity contribution is 9.10. The van der Waals surface area contributed by atoms with E-state index in [1.807, 2.05) is 0 Å². The van der Waals surface area contributed by atoms with Crippen LogP contribution < -0.4 is 0 Å². The standard InChI is InChI=1S/C11H7BrN4O2/c12-6-1-2-7-8(3-6)11(18)16(10(7)17)4-9-13-5-14-15-9/h1-3,5H,4H2,(H,13,14,15). The summed E-state index contributed by atoms with van der Waals surface area (Å²) in [7, 11) is 0. The first-order chi connectivity index (χ1) is 8.66. The van der Waals surface area contributed by atoms with Crippen molar-refractivity contribution in [2.45, 2.75) is 6.54 Å². The number of nitrogens with zero attached hydrogens (tertiary/aromatic N) is 3. The van der Waals surface area contributed by atoms with Gasteiger partial charge in [-0.15, -0.1) is 0 Å². The highest BCUT2D eigenvalue weighted by Gasteiger charge is 2.35. The summed E-state index contributed by atoms with van der Waals surface area (Å²) in [5.41, 5.74) is 0.830. The van der Waals surface area contributed by atoms with Crippen molar-refractivity contribution in [3.05, 3.63) is 46.0 Å². The van der Waals surface area contributed by atoms with Crippen LogP contribution in [0.2, 0.25) is 0 Å². The molecule has 6 nitrogen and oxygen atoms in total. The van der Waals surface area contributed by atoms with Gasteiger partial charge in [0, 0.05) is 4.47 Å². The van der Waals surface area contributed by atoms with E-state index in [1.165, 1.54) is 6.33 Å². The van der Waals surface area contributed by atoms with Crippen LogP contribution in [0.5, 0.6) is 0 Å².